The monoisotopic (exact) mass is 367 g/mol. The van der Waals surface area contributed by atoms with Gasteiger partial charge in [-0.2, -0.15) is 0 Å². The van der Waals surface area contributed by atoms with E-state index in [1.54, 1.807) is 18.2 Å². The Morgan fingerprint density at radius 1 is 0.962 bits per heavy atom. The lowest BCUT2D eigenvalue weighted by molar-refractivity contribution is -0.159. The molecule has 142 valence electrons. The summed E-state index contributed by atoms with van der Waals surface area (Å²) >= 11 is 0. The number of methoxy groups -OCH3 is 3. The minimum atomic E-state index is -1.58. The highest BCUT2D eigenvalue weighted by atomic mass is 16.5. The van der Waals surface area contributed by atoms with Crippen LogP contribution in [0.25, 0.3) is 0 Å². The first kappa shape index (κ1) is 21.1. The Morgan fingerprint density at radius 3 is 2.04 bits per heavy atom. The van der Waals surface area contributed by atoms with E-state index >= 15 is 0 Å². The number of carbonyl (C=O) groups excluding carboxylic acids is 4. The van der Waals surface area contributed by atoms with Crippen molar-refractivity contribution in [2.45, 2.75) is 18.6 Å². The van der Waals surface area contributed by atoms with E-state index < -0.39 is 48.3 Å². The summed E-state index contributed by atoms with van der Waals surface area (Å²) in [4.78, 5) is 47.9. The molecule has 26 heavy (non-hydrogen) atoms. The molecule has 0 saturated carbocycles. The van der Waals surface area contributed by atoms with Gasteiger partial charge in [-0.05, 0) is 5.56 Å². The van der Waals surface area contributed by atoms with Crippen LogP contribution in [-0.2, 0) is 33.4 Å². The van der Waals surface area contributed by atoms with E-state index in [-0.39, 0.29) is 5.56 Å². The standard InChI is InChI=1S/C17H21NO8/c1-24-12(19)9-11(16(22)25-2)13(17(23)26-3)18-15(21)14(20)10-7-5-4-6-8-10/h4-8,11,13-14,20H,9H2,1-3H3,(H,18,21)/t11-,13-,14+/m1/s1. The van der Waals surface area contributed by atoms with E-state index in [1.807, 2.05) is 0 Å². The van der Waals surface area contributed by atoms with Crippen LogP contribution in [0.4, 0.5) is 0 Å². The van der Waals surface area contributed by atoms with E-state index in [9.17, 15) is 24.3 Å². The zero-order chi connectivity index (χ0) is 19.7. The molecule has 1 aromatic carbocycles. The molecule has 0 saturated heterocycles. The normalized spacial score (nSPS) is 13.7. The summed E-state index contributed by atoms with van der Waals surface area (Å²) in [6.07, 6.45) is -2.11. The first-order chi connectivity index (χ1) is 12.3. The van der Waals surface area contributed by atoms with Crippen molar-refractivity contribution in [2.75, 3.05) is 21.3 Å². The number of amides is 1. The Balaban J connectivity index is 3.06. The van der Waals surface area contributed by atoms with Crippen molar-refractivity contribution >= 4 is 23.8 Å². The molecule has 3 atom stereocenters. The van der Waals surface area contributed by atoms with Gasteiger partial charge in [0.05, 0.1) is 33.7 Å². The molecule has 0 heterocycles. The maximum Gasteiger partial charge on any atom is 0.329 e. The van der Waals surface area contributed by atoms with Crippen LogP contribution in [0.2, 0.25) is 0 Å². The van der Waals surface area contributed by atoms with Crippen molar-refractivity contribution in [3.05, 3.63) is 35.9 Å². The van der Waals surface area contributed by atoms with Gasteiger partial charge in [-0.1, -0.05) is 30.3 Å². The van der Waals surface area contributed by atoms with Crippen LogP contribution >= 0.6 is 0 Å². The molecule has 0 spiro atoms. The molecule has 1 amide bonds. The molecule has 0 aliphatic heterocycles. The maximum absolute atomic E-state index is 12.3. The zero-order valence-corrected chi connectivity index (χ0v) is 14.6. The van der Waals surface area contributed by atoms with Gasteiger partial charge in [0.2, 0.25) is 0 Å². The Kier molecular flexibility index (Phi) is 8.23. The van der Waals surface area contributed by atoms with Gasteiger partial charge in [0, 0.05) is 0 Å². The lowest BCUT2D eigenvalue weighted by Gasteiger charge is -2.24. The number of hydrogen-bond donors (Lipinski definition) is 2. The lowest BCUT2D eigenvalue weighted by Crippen LogP contribution is -2.51. The van der Waals surface area contributed by atoms with E-state index in [4.69, 9.17) is 0 Å². The second kappa shape index (κ2) is 10.1. The average Bonchev–Trinajstić information content (AvgIpc) is 2.68. The Morgan fingerprint density at radius 2 is 1.54 bits per heavy atom. The summed E-state index contributed by atoms with van der Waals surface area (Å²) in [6, 6.07) is 6.44. The molecule has 0 radical (unpaired) electrons. The summed E-state index contributed by atoms with van der Waals surface area (Å²) in [7, 11) is 3.24. The van der Waals surface area contributed by atoms with Gasteiger partial charge in [0.25, 0.3) is 5.91 Å². The number of hydrogen-bond acceptors (Lipinski definition) is 8. The lowest BCUT2D eigenvalue weighted by atomic mass is 9.95. The van der Waals surface area contributed by atoms with Crippen LogP contribution < -0.4 is 5.32 Å². The fourth-order valence-corrected chi connectivity index (χ4v) is 2.22. The molecule has 0 aliphatic rings. The van der Waals surface area contributed by atoms with E-state index in [1.165, 1.54) is 12.1 Å². The zero-order valence-electron chi connectivity index (χ0n) is 14.6. The van der Waals surface area contributed by atoms with Gasteiger partial charge in [-0.15, -0.1) is 0 Å². The molecule has 0 fully saturated rings. The van der Waals surface area contributed by atoms with Crippen LogP contribution in [0, 0.1) is 5.92 Å². The highest BCUT2D eigenvalue weighted by Crippen LogP contribution is 2.17. The summed E-state index contributed by atoms with van der Waals surface area (Å²) in [5.41, 5.74) is 0.288. The number of esters is 3. The second-order valence-electron chi connectivity index (χ2n) is 5.23. The van der Waals surface area contributed by atoms with Crippen molar-refractivity contribution in [3.63, 3.8) is 0 Å². The largest absolute Gasteiger partial charge is 0.469 e. The highest BCUT2D eigenvalue weighted by Gasteiger charge is 2.39. The summed E-state index contributed by atoms with van der Waals surface area (Å²) in [5, 5.41) is 12.4. The van der Waals surface area contributed by atoms with Crippen molar-refractivity contribution in [3.8, 4) is 0 Å². The van der Waals surface area contributed by atoms with Gasteiger partial charge < -0.3 is 24.6 Å². The average molecular weight is 367 g/mol. The first-order valence-electron chi connectivity index (χ1n) is 7.61. The summed E-state index contributed by atoms with van der Waals surface area (Å²) in [6.45, 7) is 0. The van der Waals surface area contributed by atoms with Gasteiger partial charge >= 0.3 is 17.9 Å². The predicted molar refractivity (Wildman–Crippen MR) is 87.5 cm³/mol. The molecule has 9 heteroatoms. The van der Waals surface area contributed by atoms with Crippen molar-refractivity contribution < 1.29 is 38.5 Å². The van der Waals surface area contributed by atoms with Crippen LogP contribution in [0.5, 0.6) is 0 Å². The number of benzene rings is 1. The smallest absolute Gasteiger partial charge is 0.329 e. The van der Waals surface area contributed by atoms with Crippen LogP contribution in [-0.4, -0.2) is 56.3 Å². The van der Waals surface area contributed by atoms with Crippen molar-refractivity contribution in [2.24, 2.45) is 5.92 Å². The first-order valence-corrected chi connectivity index (χ1v) is 7.61. The third-order valence-corrected chi connectivity index (χ3v) is 3.64. The van der Waals surface area contributed by atoms with Gasteiger partial charge in [0.15, 0.2) is 6.10 Å². The topological polar surface area (TPSA) is 128 Å². The highest BCUT2D eigenvalue weighted by molar-refractivity contribution is 5.92. The van der Waals surface area contributed by atoms with Crippen LogP contribution in [0.15, 0.2) is 30.3 Å². The number of aliphatic hydroxyl groups is 1. The summed E-state index contributed by atoms with van der Waals surface area (Å²) in [5.74, 6) is -5.00. The minimum absolute atomic E-state index is 0.288. The molecular formula is C17H21NO8. The molecule has 9 nitrogen and oxygen atoms in total. The van der Waals surface area contributed by atoms with Crippen LogP contribution in [0.1, 0.15) is 18.1 Å². The third-order valence-electron chi connectivity index (χ3n) is 3.64. The number of rotatable bonds is 8. The molecule has 0 bridgehead atoms. The Labute approximate surface area is 150 Å². The van der Waals surface area contributed by atoms with Gasteiger partial charge in [-0.3, -0.25) is 14.4 Å². The Hall–Kier alpha value is -2.94. The summed E-state index contributed by atoms with van der Waals surface area (Å²) < 4.78 is 13.7. The Bertz CT molecular complexity index is 645. The molecule has 1 aromatic rings. The molecule has 2 N–H and O–H groups in total. The number of aliphatic hydroxyl groups excluding tert-OH is 1. The van der Waals surface area contributed by atoms with Gasteiger partial charge in [0.1, 0.15) is 6.04 Å². The molecule has 0 aliphatic carbocycles. The van der Waals surface area contributed by atoms with E-state index in [2.05, 4.69) is 19.5 Å². The van der Waals surface area contributed by atoms with E-state index in [0.29, 0.717) is 0 Å². The van der Waals surface area contributed by atoms with Crippen molar-refractivity contribution in [1.29, 1.82) is 0 Å². The number of nitrogens with one attached hydrogen (secondary N) is 1. The molecule has 1 rings (SSSR count). The number of ether oxygens (including phenoxy) is 3. The second-order valence-corrected chi connectivity index (χ2v) is 5.23. The predicted octanol–water partition coefficient (Wildman–Crippen LogP) is -0.270. The van der Waals surface area contributed by atoms with E-state index in [0.717, 1.165) is 21.3 Å². The molecular weight excluding hydrogens is 346 g/mol. The molecule has 0 aromatic heterocycles. The fourth-order valence-electron chi connectivity index (χ4n) is 2.22. The SMILES string of the molecule is COC(=O)C[C@@H](C(=O)OC)[C@@H](NC(=O)[C@@H](O)c1ccccc1)C(=O)OC. The quantitative estimate of drug-likeness (QED) is 0.475. The van der Waals surface area contributed by atoms with Gasteiger partial charge in [-0.25, -0.2) is 4.79 Å². The number of carbonyl (C=O) groups is 4. The minimum Gasteiger partial charge on any atom is -0.469 e. The van der Waals surface area contributed by atoms with Crippen LogP contribution in [0.3, 0.4) is 0 Å². The fraction of sp³-hybridized carbons (Fsp3) is 0.412. The maximum atomic E-state index is 12.3. The van der Waals surface area contributed by atoms with Crippen molar-refractivity contribution in [1.82, 2.24) is 5.32 Å². The molecule has 0 unspecified atom stereocenters. The third kappa shape index (κ3) is 5.55.